The maximum Gasteiger partial charge on any atom is 0.128 e. The van der Waals surface area contributed by atoms with Crippen LogP contribution in [0.25, 0.3) is 0 Å². The molecule has 0 amide bonds. The van der Waals surface area contributed by atoms with Crippen molar-refractivity contribution in [3.63, 3.8) is 0 Å². The molecule has 0 saturated heterocycles. The SMILES string of the molecule is CNC(c1ccccc1F)c1cccc(C)c1Br. The molecular formula is C15H15BrFN. The quantitative estimate of drug-likeness (QED) is 0.896. The van der Waals surface area contributed by atoms with Crippen molar-refractivity contribution < 1.29 is 4.39 Å². The number of aryl methyl sites for hydroxylation is 1. The number of rotatable bonds is 3. The van der Waals surface area contributed by atoms with E-state index < -0.39 is 0 Å². The standard InChI is InChI=1S/C15H15BrFN/c1-10-6-5-8-12(14(10)16)15(18-2)11-7-3-4-9-13(11)17/h3-9,15,18H,1-2H3. The van der Waals surface area contributed by atoms with Gasteiger partial charge in [-0.15, -0.1) is 0 Å². The Bertz CT molecular complexity index is 554. The van der Waals surface area contributed by atoms with Crippen LogP contribution in [0.15, 0.2) is 46.9 Å². The van der Waals surface area contributed by atoms with Crippen molar-refractivity contribution >= 4 is 15.9 Å². The smallest absolute Gasteiger partial charge is 0.128 e. The zero-order valence-electron chi connectivity index (χ0n) is 10.4. The molecule has 0 aliphatic carbocycles. The minimum Gasteiger partial charge on any atom is -0.309 e. The summed E-state index contributed by atoms with van der Waals surface area (Å²) in [5, 5.41) is 3.17. The first kappa shape index (κ1) is 13.2. The Kier molecular flexibility index (Phi) is 4.15. The Balaban J connectivity index is 2.53. The fraction of sp³-hybridized carbons (Fsp3) is 0.200. The van der Waals surface area contributed by atoms with Gasteiger partial charge in [-0.25, -0.2) is 4.39 Å². The fourth-order valence-corrected chi connectivity index (χ4v) is 2.57. The van der Waals surface area contributed by atoms with Crippen LogP contribution in [-0.2, 0) is 0 Å². The molecule has 0 spiro atoms. The molecule has 0 heterocycles. The minimum atomic E-state index is -0.190. The third-order valence-electron chi connectivity index (χ3n) is 3.04. The van der Waals surface area contributed by atoms with Gasteiger partial charge in [-0.05, 0) is 31.2 Å². The van der Waals surface area contributed by atoms with Crippen molar-refractivity contribution in [1.82, 2.24) is 5.32 Å². The molecule has 1 nitrogen and oxygen atoms in total. The third-order valence-corrected chi connectivity index (χ3v) is 4.12. The van der Waals surface area contributed by atoms with Crippen molar-refractivity contribution in [2.24, 2.45) is 0 Å². The highest BCUT2D eigenvalue weighted by molar-refractivity contribution is 9.10. The lowest BCUT2D eigenvalue weighted by molar-refractivity contribution is 0.575. The summed E-state index contributed by atoms with van der Waals surface area (Å²) in [5.74, 6) is -0.190. The van der Waals surface area contributed by atoms with Gasteiger partial charge in [-0.3, -0.25) is 0 Å². The van der Waals surface area contributed by atoms with Gasteiger partial charge in [0, 0.05) is 10.0 Å². The Hall–Kier alpha value is -1.19. The summed E-state index contributed by atoms with van der Waals surface area (Å²) in [6, 6.07) is 12.7. The molecule has 2 aromatic carbocycles. The summed E-state index contributed by atoms with van der Waals surface area (Å²) >= 11 is 3.58. The van der Waals surface area contributed by atoms with Crippen LogP contribution < -0.4 is 5.32 Å². The van der Waals surface area contributed by atoms with Gasteiger partial charge in [0.1, 0.15) is 5.82 Å². The molecule has 2 rings (SSSR count). The summed E-state index contributed by atoms with van der Waals surface area (Å²) in [4.78, 5) is 0. The summed E-state index contributed by atoms with van der Waals surface area (Å²) in [7, 11) is 1.84. The van der Waals surface area contributed by atoms with E-state index in [0.29, 0.717) is 5.56 Å². The molecule has 2 aromatic rings. The zero-order chi connectivity index (χ0) is 13.1. The number of halogens is 2. The van der Waals surface area contributed by atoms with Crippen LogP contribution in [0.1, 0.15) is 22.7 Å². The van der Waals surface area contributed by atoms with Gasteiger partial charge in [-0.2, -0.15) is 0 Å². The lowest BCUT2D eigenvalue weighted by atomic mass is 9.97. The predicted molar refractivity (Wildman–Crippen MR) is 76.2 cm³/mol. The van der Waals surface area contributed by atoms with Gasteiger partial charge in [0.15, 0.2) is 0 Å². The third kappa shape index (κ3) is 2.47. The van der Waals surface area contributed by atoms with E-state index in [-0.39, 0.29) is 11.9 Å². The van der Waals surface area contributed by atoms with Gasteiger partial charge in [0.25, 0.3) is 0 Å². The normalized spacial score (nSPS) is 12.4. The number of hydrogen-bond acceptors (Lipinski definition) is 1. The molecule has 0 saturated carbocycles. The van der Waals surface area contributed by atoms with Crippen LogP contribution in [0.2, 0.25) is 0 Å². The van der Waals surface area contributed by atoms with Crippen molar-refractivity contribution in [3.05, 3.63) is 69.4 Å². The first-order valence-corrected chi connectivity index (χ1v) is 6.61. The highest BCUT2D eigenvalue weighted by Gasteiger charge is 2.18. The van der Waals surface area contributed by atoms with E-state index in [0.717, 1.165) is 15.6 Å². The van der Waals surface area contributed by atoms with E-state index in [1.165, 1.54) is 6.07 Å². The number of benzene rings is 2. The molecule has 18 heavy (non-hydrogen) atoms. The second kappa shape index (κ2) is 5.63. The van der Waals surface area contributed by atoms with Crippen LogP contribution in [0.4, 0.5) is 4.39 Å². The lowest BCUT2D eigenvalue weighted by Crippen LogP contribution is -2.19. The number of hydrogen-bond donors (Lipinski definition) is 1. The van der Waals surface area contributed by atoms with Crippen LogP contribution in [0.3, 0.4) is 0 Å². The average Bonchev–Trinajstić information content (AvgIpc) is 2.37. The molecule has 1 atom stereocenters. The first-order chi connectivity index (χ1) is 8.65. The van der Waals surface area contributed by atoms with Crippen molar-refractivity contribution in [2.75, 3.05) is 7.05 Å². The van der Waals surface area contributed by atoms with Crippen molar-refractivity contribution in [2.45, 2.75) is 13.0 Å². The molecule has 0 fully saturated rings. The van der Waals surface area contributed by atoms with E-state index in [4.69, 9.17) is 0 Å². The Morgan fingerprint density at radius 2 is 1.72 bits per heavy atom. The first-order valence-electron chi connectivity index (χ1n) is 5.82. The monoisotopic (exact) mass is 307 g/mol. The van der Waals surface area contributed by atoms with E-state index in [1.807, 2.05) is 44.3 Å². The van der Waals surface area contributed by atoms with Crippen LogP contribution in [0, 0.1) is 12.7 Å². The average molecular weight is 308 g/mol. The van der Waals surface area contributed by atoms with Crippen molar-refractivity contribution in [3.8, 4) is 0 Å². The van der Waals surface area contributed by atoms with Gasteiger partial charge < -0.3 is 5.32 Å². The highest BCUT2D eigenvalue weighted by Crippen LogP contribution is 2.31. The zero-order valence-corrected chi connectivity index (χ0v) is 12.0. The topological polar surface area (TPSA) is 12.0 Å². The summed E-state index contributed by atoms with van der Waals surface area (Å²) in [5.41, 5.74) is 2.85. The van der Waals surface area contributed by atoms with E-state index in [1.54, 1.807) is 6.07 Å². The minimum absolute atomic E-state index is 0.152. The van der Waals surface area contributed by atoms with Crippen LogP contribution in [-0.4, -0.2) is 7.05 Å². The molecular weight excluding hydrogens is 293 g/mol. The van der Waals surface area contributed by atoms with Gasteiger partial charge >= 0.3 is 0 Å². The molecule has 3 heteroatoms. The van der Waals surface area contributed by atoms with Crippen LogP contribution in [0.5, 0.6) is 0 Å². The fourth-order valence-electron chi connectivity index (χ4n) is 2.08. The molecule has 0 aliphatic heterocycles. The van der Waals surface area contributed by atoms with Gasteiger partial charge in [0.2, 0.25) is 0 Å². The molecule has 0 aliphatic rings. The number of nitrogens with one attached hydrogen (secondary N) is 1. The molecule has 1 N–H and O–H groups in total. The molecule has 0 aromatic heterocycles. The molecule has 1 unspecified atom stereocenters. The maximum absolute atomic E-state index is 13.9. The second-order valence-corrected chi connectivity index (χ2v) is 5.01. The Morgan fingerprint density at radius 3 is 2.39 bits per heavy atom. The van der Waals surface area contributed by atoms with E-state index >= 15 is 0 Å². The van der Waals surface area contributed by atoms with E-state index in [2.05, 4.69) is 21.2 Å². The lowest BCUT2D eigenvalue weighted by Gasteiger charge is -2.20. The van der Waals surface area contributed by atoms with Gasteiger partial charge in [-0.1, -0.05) is 52.3 Å². The predicted octanol–water partition coefficient (Wildman–Crippen LogP) is 4.21. The summed E-state index contributed by atoms with van der Waals surface area (Å²) in [6.07, 6.45) is 0. The molecule has 94 valence electrons. The Morgan fingerprint density at radius 1 is 1.06 bits per heavy atom. The Labute approximate surface area is 115 Å². The highest BCUT2D eigenvalue weighted by atomic mass is 79.9. The largest absolute Gasteiger partial charge is 0.309 e. The molecule has 0 bridgehead atoms. The van der Waals surface area contributed by atoms with Gasteiger partial charge in [0.05, 0.1) is 6.04 Å². The maximum atomic E-state index is 13.9. The summed E-state index contributed by atoms with van der Waals surface area (Å²) < 4.78 is 14.9. The summed E-state index contributed by atoms with van der Waals surface area (Å²) in [6.45, 7) is 2.03. The van der Waals surface area contributed by atoms with E-state index in [9.17, 15) is 4.39 Å². The van der Waals surface area contributed by atoms with Crippen LogP contribution >= 0.6 is 15.9 Å². The second-order valence-electron chi connectivity index (χ2n) is 4.22. The molecule has 0 radical (unpaired) electrons. The van der Waals surface area contributed by atoms with Crippen molar-refractivity contribution in [1.29, 1.82) is 0 Å².